The summed E-state index contributed by atoms with van der Waals surface area (Å²) >= 11 is 0. The van der Waals surface area contributed by atoms with Gasteiger partial charge in [-0.05, 0) is 62.8 Å². The van der Waals surface area contributed by atoms with Gasteiger partial charge in [0.15, 0.2) is 0 Å². The molecule has 1 saturated carbocycles. The Bertz CT molecular complexity index is 753. The first-order chi connectivity index (χ1) is 14.5. The van der Waals surface area contributed by atoms with Gasteiger partial charge in [0.1, 0.15) is 0 Å². The molecular weight excluding hydrogens is 374 g/mol. The fourth-order valence-corrected chi connectivity index (χ4v) is 4.97. The molecule has 1 heterocycles. The highest BCUT2D eigenvalue weighted by Gasteiger charge is 2.32. The van der Waals surface area contributed by atoms with Crippen molar-refractivity contribution in [2.45, 2.75) is 64.5 Å². The maximum atomic E-state index is 12.5. The van der Waals surface area contributed by atoms with Gasteiger partial charge >= 0.3 is 0 Å². The smallest absolute Gasteiger partial charge is 0.244 e. The number of hydrogen-bond donors (Lipinski definition) is 1. The lowest BCUT2D eigenvalue weighted by atomic mass is 9.84. The molecule has 1 N–H and O–H groups in total. The van der Waals surface area contributed by atoms with Crippen molar-refractivity contribution in [2.75, 3.05) is 26.7 Å². The highest BCUT2D eigenvalue weighted by molar-refractivity contribution is 5.94. The molecule has 2 amide bonds. The summed E-state index contributed by atoms with van der Waals surface area (Å²) in [5.74, 6) is 0.554. The van der Waals surface area contributed by atoms with Crippen LogP contribution in [-0.2, 0) is 9.59 Å². The fraction of sp³-hybridized carbons (Fsp3) is 0.600. The number of amides is 2. The second-order valence-corrected chi connectivity index (χ2v) is 9.01. The molecule has 164 valence electrons. The highest BCUT2D eigenvalue weighted by Crippen LogP contribution is 2.30. The van der Waals surface area contributed by atoms with Crippen LogP contribution in [0.4, 0.5) is 0 Å². The largest absolute Gasteiger partial charge is 0.343 e. The zero-order chi connectivity index (χ0) is 21.5. The minimum atomic E-state index is -0.229. The number of nitrogens with zero attached hydrogens (tertiary/aromatic N) is 2. The van der Waals surface area contributed by atoms with E-state index in [2.05, 4.69) is 24.2 Å². The van der Waals surface area contributed by atoms with E-state index in [9.17, 15) is 9.59 Å². The molecule has 0 unspecified atom stereocenters. The second kappa shape index (κ2) is 10.8. The summed E-state index contributed by atoms with van der Waals surface area (Å²) < 4.78 is 0. The molecule has 0 radical (unpaired) electrons. The standard InChI is InChI=1S/C25H37N3O2/c1-19-8-4-6-10-21(19)12-13-24(29)26-18-25(30)28-16-14-22(15-17-28)27(3)23-11-7-5-9-20(23)2/h4,6,8,10,12-13,20,22-23H,5,7,9,11,14-18H2,1-3H3,(H,26,29)/b13-12+/t20-,23+/m1/s1. The summed E-state index contributed by atoms with van der Waals surface area (Å²) in [4.78, 5) is 29.1. The number of carbonyl (C=O) groups is 2. The number of aryl methyl sites for hydroxylation is 1. The number of hydrogen-bond acceptors (Lipinski definition) is 3. The Morgan fingerprint density at radius 1 is 1.13 bits per heavy atom. The molecule has 0 bridgehead atoms. The number of carbonyl (C=O) groups excluding carboxylic acids is 2. The predicted octanol–water partition coefficient (Wildman–Crippen LogP) is 3.63. The Morgan fingerprint density at radius 2 is 1.83 bits per heavy atom. The maximum Gasteiger partial charge on any atom is 0.244 e. The van der Waals surface area contributed by atoms with Gasteiger partial charge in [-0.3, -0.25) is 9.59 Å². The molecule has 1 aliphatic heterocycles. The Labute approximate surface area is 181 Å². The normalized spacial score (nSPS) is 23.1. The Morgan fingerprint density at radius 3 is 2.53 bits per heavy atom. The molecule has 1 aliphatic carbocycles. The highest BCUT2D eigenvalue weighted by atomic mass is 16.2. The third-order valence-electron chi connectivity index (χ3n) is 7.00. The average molecular weight is 412 g/mol. The van der Waals surface area contributed by atoms with Gasteiger partial charge in [-0.15, -0.1) is 0 Å². The Kier molecular flexibility index (Phi) is 8.08. The van der Waals surface area contributed by atoms with Crippen molar-refractivity contribution >= 4 is 17.9 Å². The SMILES string of the molecule is Cc1ccccc1/C=C/C(=O)NCC(=O)N1CCC(N(C)[C@H]2CCCC[C@H]2C)CC1. The van der Waals surface area contributed by atoms with Gasteiger partial charge in [-0.1, -0.05) is 44.0 Å². The van der Waals surface area contributed by atoms with E-state index in [0.29, 0.717) is 12.1 Å². The van der Waals surface area contributed by atoms with Crippen LogP contribution in [0.25, 0.3) is 6.08 Å². The predicted molar refractivity (Wildman–Crippen MR) is 122 cm³/mol. The minimum absolute atomic E-state index is 0.0137. The van der Waals surface area contributed by atoms with Crippen molar-refractivity contribution < 1.29 is 9.59 Å². The van der Waals surface area contributed by atoms with E-state index >= 15 is 0 Å². The monoisotopic (exact) mass is 411 g/mol. The number of rotatable bonds is 6. The van der Waals surface area contributed by atoms with Crippen molar-refractivity contribution in [2.24, 2.45) is 5.92 Å². The minimum Gasteiger partial charge on any atom is -0.343 e. The van der Waals surface area contributed by atoms with Crippen molar-refractivity contribution in [3.8, 4) is 0 Å². The first-order valence-electron chi connectivity index (χ1n) is 11.5. The molecule has 5 nitrogen and oxygen atoms in total. The van der Waals surface area contributed by atoms with E-state index in [4.69, 9.17) is 0 Å². The third kappa shape index (κ3) is 5.94. The molecule has 0 spiro atoms. The van der Waals surface area contributed by atoms with Gasteiger partial charge < -0.3 is 15.1 Å². The van der Waals surface area contributed by atoms with Gasteiger partial charge in [-0.2, -0.15) is 0 Å². The molecule has 1 aromatic rings. The Hall–Kier alpha value is -2.14. The summed E-state index contributed by atoms with van der Waals surface area (Å²) in [7, 11) is 2.27. The lowest BCUT2D eigenvalue weighted by Gasteiger charge is -2.44. The van der Waals surface area contributed by atoms with Gasteiger partial charge in [0, 0.05) is 31.2 Å². The first-order valence-corrected chi connectivity index (χ1v) is 11.5. The molecule has 0 aromatic heterocycles. The van der Waals surface area contributed by atoms with E-state index in [-0.39, 0.29) is 18.4 Å². The molecule has 2 atom stereocenters. The van der Waals surface area contributed by atoms with Gasteiger partial charge in [0.05, 0.1) is 6.54 Å². The van der Waals surface area contributed by atoms with Crippen LogP contribution in [0.3, 0.4) is 0 Å². The lowest BCUT2D eigenvalue weighted by molar-refractivity contribution is -0.133. The Balaban J connectivity index is 1.41. The van der Waals surface area contributed by atoms with Crippen molar-refractivity contribution in [3.05, 3.63) is 41.5 Å². The molecular formula is C25H37N3O2. The third-order valence-corrected chi connectivity index (χ3v) is 7.00. The quantitative estimate of drug-likeness (QED) is 0.728. The van der Waals surface area contributed by atoms with Crippen LogP contribution in [0.15, 0.2) is 30.3 Å². The van der Waals surface area contributed by atoms with Gasteiger partial charge in [0.25, 0.3) is 0 Å². The number of likely N-dealkylation sites (tertiary alicyclic amines) is 1. The van der Waals surface area contributed by atoms with Crippen LogP contribution in [-0.4, -0.2) is 60.4 Å². The van der Waals surface area contributed by atoms with E-state index in [1.54, 1.807) is 6.08 Å². The van der Waals surface area contributed by atoms with Gasteiger partial charge in [-0.25, -0.2) is 0 Å². The van der Waals surface area contributed by atoms with Crippen LogP contribution in [0.5, 0.6) is 0 Å². The molecule has 1 saturated heterocycles. The van der Waals surface area contributed by atoms with Gasteiger partial charge in [0.2, 0.25) is 11.8 Å². The summed E-state index contributed by atoms with van der Waals surface area (Å²) in [6, 6.07) is 9.15. The summed E-state index contributed by atoms with van der Waals surface area (Å²) in [5.41, 5.74) is 2.13. The molecule has 5 heteroatoms. The molecule has 2 fully saturated rings. The van der Waals surface area contributed by atoms with Crippen LogP contribution in [0.1, 0.15) is 56.6 Å². The maximum absolute atomic E-state index is 12.5. The summed E-state index contributed by atoms with van der Waals surface area (Å²) in [6.07, 6.45) is 10.7. The number of piperidine rings is 1. The topological polar surface area (TPSA) is 52.7 Å². The van der Waals surface area contributed by atoms with E-state index < -0.39 is 0 Å². The van der Waals surface area contributed by atoms with Crippen LogP contribution in [0.2, 0.25) is 0 Å². The summed E-state index contributed by atoms with van der Waals surface area (Å²) in [6.45, 7) is 6.02. The van der Waals surface area contributed by atoms with E-state index in [0.717, 1.165) is 43.0 Å². The van der Waals surface area contributed by atoms with Crippen LogP contribution >= 0.6 is 0 Å². The first kappa shape index (κ1) is 22.5. The number of benzene rings is 1. The van der Waals surface area contributed by atoms with Crippen LogP contribution in [0, 0.1) is 12.8 Å². The van der Waals surface area contributed by atoms with Crippen molar-refractivity contribution in [3.63, 3.8) is 0 Å². The van der Waals surface area contributed by atoms with Crippen LogP contribution < -0.4 is 5.32 Å². The molecule has 2 aliphatic rings. The van der Waals surface area contributed by atoms with Crippen molar-refractivity contribution in [1.29, 1.82) is 0 Å². The number of nitrogens with one attached hydrogen (secondary N) is 1. The second-order valence-electron chi connectivity index (χ2n) is 9.01. The van der Waals surface area contributed by atoms with E-state index in [1.165, 1.54) is 31.8 Å². The van der Waals surface area contributed by atoms with E-state index in [1.807, 2.05) is 36.1 Å². The molecule has 1 aromatic carbocycles. The van der Waals surface area contributed by atoms with Crippen molar-refractivity contribution in [1.82, 2.24) is 15.1 Å². The molecule has 3 rings (SSSR count). The zero-order valence-electron chi connectivity index (χ0n) is 18.8. The fourth-order valence-electron chi connectivity index (χ4n) is 4.97. The zero-order valence-corrected chi connectivity index (χ0v) is 18.8. The average Bonchev–Trinajstić information content (AvgIpc) is 2.77. The summed E-state index contributed by atoms with van der Waals surface area (Å²) in [5, 5.41) is 2.73. The lowest BCUT2D eigenvalue weighted by Crippen LogP contribution is -2.51. The molecule has 30 heavy (non-hydrogen) atoms.